The fourth-order valence-electron chi connectivity index (χ4n) is 1.31. The number of unbranched alkanes of at least 4 members (excludes halogenated alkanes) is 2. The first-order chi connectivity index (χ1) is 7.86. The van der Waals surface area contributed by atoms with E-state index in [9.17, 15) is 0 Å². The Morgan fingerprint density at radius 2 is 1.94 bits per heavy atom. The Hall–Kier alpha value is -1.13. The fraction of sp³-hybridized carbons (Fsp3) is 0.429. The van der Waals surface area contributed by atoms with E-state index in [1.165, 1.54) is 12.8 Å². The summed E-state index contributed by atoms with van der Waals surface area (Å²) in [4.78, 5) is 0. The lowest BCUT2D eigenvalue weighted by Crippen LogP contribution is -1.96. The van der Waals surface area contributed by atoms with Crippen molar-refractivity contribution >= 4 is 11.6 Å². The standard InChI is InChI=1S/C14H17ClO/c1-2-3-4-12-16-14-9-7-13(8-10-14)6-5-11-15/h7-10H,2-4,11-12H2,1H3. The highest BCUT2D eigenvalue weighted by Crippen LogP contribution is 2.12. The van der Waals surface area contributed by atoms with Crippen molar-refractivity contribution in [1.29, 1.82) is 0 Å². The minimum Gasteiger partial charge on any atom is -0.494 e. The van der Waals surface area contributed by atoms with Crippen molar-refractivity contribution in [2.45, 2.75) is 26.2 Å². The molecule has 0 saturated heterocycles. The molecule has 0 unspecified atom stereocenters. The second-order valence-corrected chi connectivity index (χ2v) is 3.78. The largest absolute Gasteiger partial charge is 0.494 e. The molecule has 1 rings (SSSR count). The Morgan fingerprint density at radius 3 is 2.56 bits per heavy atom. The van der Waals surface area contributed by atoms with Gasteiger partial charge in [-0.2, -0.15) is 0 Å². The van der Waals surface area contributed by atoms with Gasteiger partial charge in [-0.25, -0.2) is 0 Å². The molecular formula is C14H17ClO. The lowest BCUT2D eigenvalue weighted by atomic mass is 10.2. The smallest absolute Gasteiger partial charge is 0.119 e. The maximum Gasteiger partial charge on any atom is 0.119 e. The van der Waals surface area contributed by atoms with Crippen LogP contribution < -0.4 is 4.74 Å². The molecule has 0 atom stereocenters. The van der Waals surface area contributed by atoms with E-state index >= 15 is 0 Å². The molecule has 0 aliphatic rings. The van der Waals surface area contributed by atoms with Gasteiger partial charge in [-0.1, -0.05) is 31.6 Å². The lowest BCUT2D eigenvalue weighted by Gasteiger charge is -2.05. The van der Waals surface area contributed by atoms with Crippen LogP contribution in [-0.4, -0.2) is 12.5 Å². The second-order valence-electron chi connectivity index (χ2n) is 3.52. The van der Waals surface area contributed by atoms with Gasteiger partial charge in [0.1, 0.15) is 5.75 Å². The van der Waals surface area contributed by atoms with Crippen LogP contribution in [0, 0.1) is 11.8 Å². The van der Waals surface area contributed by atoms with Crippen LogP contribution in [0.3, 0.4) is 0 Å². The van der Waals surface area contributed by atoms with E-state index in [1.807, 2.05) is 24.3 Å². The Bertz CT molecular complexity index is 345. The first-order valence-electron chi connectivity index (χ1n) is 5.64. The quantitative estimate of drug-likeness (QED) is 0.429. The van der Waals surface area contributed by atoms with Gasteiger partial charge in [-0.15, -0.1) is 11.6 Å². The second kappa shape index (κ2) is 8.07. The molecule has 0 N–H and O–H groups in total. The average Bonchev–Trinajstić information content (AvgIpc) is 2.33. The zero-order valence-corrected chi connectivity index (χ0v) is 10.4. The van der Waals surface area contributed by atoms with Crippen molar-refractivity contribution in [3.63, 3.8) is 0 Å². The Labute approximate surface area is 103 Å². The van der Waals surface area contributed by atoms with E-state index in [0.717, 1.165) is 24.3 Å². The van der Waals surface area contributed by atoms with E-state index in [-0.39, 0.29) is 0 Å². The fourth-order valence-corrected chi connectivity index (χ4v) is 1.38. The Kier molecular flexibility index (Phi) is 6.53. The molecule has 1 nitrogen and oxygen atoms in total. The third-order valence-electron chi connectivity index (χ3n) is 2.17. The van der Waals surface area contributed by atoms with Gasteiger partial charge in [0.15, 0.2) is 0 Å². The van der Waals surface area contributed by atoms with E-state index in [2.05, 4.69) is 18.8 Å². The molecule has 0 spiro atoms. The maximum absolute atomic E-state index is 5.59. The van der Waals surface area contributed by atoms with Crippen LogP contribution in [0.25, 0.3) is 0 Å². The van der Waals surface area contributed by atoms with Gasteiger partial charge >= 0.3 is 0 Å². The number of ether oxygens (including phenoxy) is 1. The van der Waals surface area contributed by atoms with Crippen LogP contribution in [0.4, 0.5) is 0 Å². The summed E-state index contributed by atoms with van der Waals surface area (Å²) in [7, 11) is 0. The van der Waals surface area contributed by atoms with Crippen LogP contribution >= 0.6 is 11.6 Å². The minimum atomic E-state index is 0.370. The van der Waals surface area contributed by atoms with Crippen molar-refractivity contribution in [2.75, 3.05) is 12.5 Å². The van der Waals surface area contributed by atoms with Gasteiger partial charge in [-0.3, -0.25) is 0 Å². The maximum atomic E-state index is 5.59. The highest BCUT2D eigenvalue weighted by atomic mass is 35.5. The minimum absolute atomic E-state index is 0.370. The zero-order valence-electron chi connectivity index (χ0n) is 9.63. The summed E-state index contributed by atoms with van der Waals surface area (Å²) in [5.41, 5.74) is 0.974. The zero-order chi connectivity index (χ0) is 11.6. The summed E-state index contributed by atoms with van der Waals surface area (Å²) in [6.07, 6.45) is 3.56. The third kappa shape index (κ3) is 5.09. The summed E-state index contributed by atoms with van der Waals surface area (Å²) in [5.74, 6) is 7.06. The lowest BCUT2D eigenvalue weighted by molar-refractivity contribution is 0.306. The summed E-state index contributed by atoms with van der Waals surface area (Å²) in [6, 6.07) is 7.80. The van der Waals surface area contributed by atoms with E-state index in [1.54, 1.807) is 0 Å². The van der Waals surface area contributed by atoms with E-state index in [0.29, 0.717) is 5.88 Å². The van der Waals surface area contributed by atoms with Crippen LogP contribution in [0.2, 0.25) is 0 Å². The molecule has 0 aliphatic heterocycles. The van der Waals surface area contributed by atoms with Crippen LogP contribution in [0.1, 0.15) is 31.7 Å². The topological polar surface area (TPSA) is 9.23 Å². The van der Waals surface area contributed by atoms with Gasteiger partial charge in [0.25, 0.3) is 0 Å². The summed E-state index contributed by atoms with van der Waals surface area (Å²) < 4.78 is 5.59. The molecule has 0 fully saturated rings. The predicted molar refractivity (Wildman–Crippen MR) is 69.1 cm³/mol. The van der Waals surface area contributed by atoms with Gasteiger partial charge in [0.05, 0.1) is 12.5 Å². The number of rotatable bonds is 5. The SMILES string of the molecule is CCCCCOc1ccc(C#CCCl)cc1. The number of benzene rings is 1. The molecule has 16 heavy (non-hydrogen) atoms. The molecule has 0 bridgehead atoms. The van der Waals surface area contributed by atoms with Crippen LogP contribution in [-0.2, 0) is 0 Å². The first kappa shape index (κ1) is 12.9. The predicted octanol–water partition coefficient (Wildman–Crippen LogP) is 3.85. The highest BCUT2D eigenvalue weighted by Gasteiger charge is 1.93. The van der Waals surface area contributed by atoms with E-state index < -0.39 is 0 Å². The first-order valence-corrected chi connectivity index (χ1v) is 6.18. The van der Waals surface area contributed by atoms with Gasteiger partial charge in [-0.05, 0) is 30.7 Å². The summed E-state index contributed by atoms with van der Waals surface area (Å²) in [6.45, 7) is 2.98. The average molecular weight is 237 g/mol. The van der Waals surface area contributed by atoms with Gasteiger partial charge in [0.2, 0.25) is 0 Å². The van der Waals surface area contributed by atoms with E-state index in [4.69, 9.17) is 16.3 Å². The number of halogens is 1. The molecule has 0 amide bonds. The molecule has 86 valence electrons. The molecular weight excluding hydrogens is 220 g/mol. The highest BCUT2D eigenvalue weighted by molar-refractivity contribution is 6.19. The van der Waals surface area contributed by atoms with Gasteiger partial charge < -0.3 is 4.74 Å². The van der Waals surface area contributed by atoms with Crippen molar-refractivity contribution in [3.8, 4) is 17.6 Å². The molecule has 0 saturated carbocycles. The molecule has 1 aromatic rings. The van der Waals surface area contributed by atoms with Crippen molar-refractivity contribution < 1.29 is 4.74 Å². The molecule has 1 aromatic carbocycles. The number of hydrogen-bond acceptors (Lipinski definition) is 1. The Balaban J connectivity index is 2.39. The monoisotopic (exact) mass is 236 g/mol. The van der Waals surface area contributed by atoms with Gasteiger partial charge in [0, 0.05) is 5.56 Å². The molecule has 0 radical (unpaired) electrons. The third-order valence-corrected chi connectivity index (χ3v) is 2.30. The molecule has 0 aliphatic carbocycles. The summed E-state index contributed by atoms with van der Waals surface area (Å²) >= 11 is 5.48. The van der Waals surface area contributed by atoms with Crippen LogP contribution in [0.5, 0.6) is 5.75 Å². The number of alkyl halides is 1. The van der Waals surface area contributed by atoms with Crippen molar-refractivity contribution in [1.82, 2.24) is 0 Å². The summed E-state index contributed by atoms with van der Waals surface area (Å²) in [5, 5.41) is 0. The number of hydrogen-bond donors (Lipinski definition) is 0. The molecule has 0 aromatic heterocycles. The van der Waals surface area contributed by atoms with Crippen molar-refractivity contribution in [3.05, 3.63) is 29.8 Å². The van der Waals surface area contributed by atoms with Crippen LogP contribution in [0.15, 0.2) is 24.3 Å². The normalized spacial score (nSPS) is 9.38. The van der Waals surface area contributed by atoms with Crippen molar-refractivity contribution in [2.24, 2.45) is 0 Å². The Morgan fingerprint density at radius 1 is 1.19 bits per heavy atom. The molecule has 0 heterocycles. The molecule has 2 heteroatoms.